The minimum Gasteiger partial charge on any atom is -0.493 e. The highest BCUT2D eigenvalue weighted by atomic mass is 32.2. The van der Waals surface area contributed by atoms with Crippen molar-refractivity contribution in [1.29, 1.82) is 0 Å². The third-order valence-corrected chi connectivity index (χ3v) is 7.48. The molecule has 0 spiro atoms. The molecule has 1 heterocycles. The normalized spacial score (nSPS) is 15.4. The van der Waals surface area contributed by atoms with Crippen LogP contribution in [0.4, 0.5) is 0 Å². The molecule has 1 aliphatic heterocycles. The van der Waals surface area contributed by atoms with Crippen molar-refractivity contribution >= 4 is 40.3 Å². The number of carbonyl (C=O) groups excluding carboxylic acids is 1. The van der Waals surface area contributed by atoms with Gasteiger partial charge in [0.2, 0.25) is 0 Å². The zero-order chi connectivity index (χ0) is 25.3. The Morgan fingerprint density at radius 3 is 2.39 bits per heavy atom. The standard InChI is InChI=1S/C30H31NO3S2/c1-3-22(2)25-13-15-26(16-14-25)33-17-8-18-34-27-12-7-11-24(19-27)20-28-29(32)31(30(35)36-28)21-23-9-5-4-6-10-23/h4-7,9-16,19-20,22H,3,8,17-18,21H2,1-2H3/b28-20-/t22-/m1/s1. The van der Waals surface area contributed by atoms with Crippen LogP contribution in [0.3, 0.4) is 0 Å². The summed E-state index contributed by atoms with van der Waals surface area (Å²) in [6.45, 7) is 6.05. The summed E-state index contributed by atoms with van der Waals surface area (Å²) < 4.78 is 12.4. The smallest absolute Gasteiger partial charge is 0.266 e. The zero-order valence-corrected chi connectivity index (χ0v) is 22.3. The Labute approximate surface area is 223 Å². The molecule has 186 valence electrons. The predicted octanol–water partition coefficient (Wildman–Crippen LogP) is 7.45. The molecule has 4 nitrogen and oxygen atoms in total. The Kier molecular flexibility index (Phi) is 9.20. The summed E-state index contributed by atoms with van der Waals surface area (Å²) in [6, 6.07) is 26.0. The second kappa shape index (κ2) is 12.7. The van der Waals surface area contributed by atoms with Crippen molar-refractivity contribution < 1.29 is 14.3 Å². The van der Waals surface area contributed by atoms with Gasteiger partial charge in [0, 0.05) is 6.42 Å². The number of carbonyl (C=O) groups is 1. The van der Waals surface area contributed by atoms with Crippen LogP contribution < -0.4 is 9.47 Å². The maximum Gasteiger partial charge on any atom is 0.266 e. The molecule has 3 aromatic rings. The van der Waals surface area contributed by atoms with Crippen molar-refractivity contribution in [2.75, 3.05) is 13.2 Å². The Morgan fingerprint density at radius 1 is 0.944 bits per heavy atom. The van der Waals surface area contributed by atoms with Gasteiger partial charge in [-0.05, 0) is 59.4 Å². The van der Waals surface area contributed by atoms with Crippen molar-refractivity contribution in [2.45, 2.75) is 39.2 Å². The molecule has 1 saturated heterocycles. The highest BCUT2D eigenvalue weighted by molar-refractivity contribution is 8.26. The third-order valence-electron chi connectivity index (χ3n) is 6.10. The van der Waals surface area contributed by atoms with E-state index in [9.17, 15) is 4.79 Å². The largest absolute Gasteiger partial charge is 0.493 e. The van der Waals surface area contributed by atoms with E-state index in [0.717, 1.165) is 35.5 Å². The Morgan fingerprint density at radius 2 is 1.67 bits per heavy atom. The van der Waals surface area contributed by atoms with Gasteiger partial charge >= 0.3 is 0 Å². The Balaban J connectivity index is 1.26. The maximum absolute atomic E-state index is 12.9. The van der Waals surface area contributed by atoms with Crippen LogP contribution in [0.15, 0.2) is 83.8 Å². The number of hydrogen-bond acceptors (Lipinski definition) is 5. The van der Waals surface area contributed by atoms with Gasteiger partial charge in [-0.25, -0.2) is 0 Å². The van der Waals surface area contributed by atoms with Gasteiger partial charge in [0.05, 0.1) is 24.7 Å². The summed E-state index contributed by atoms with van der Waals surface area (Å²) in [7, 11) is 0. The van der Waals surface area contributed by atoms with Crippen molar-refractivity contribution in [3.63, 3.8) is 0 Å². The molecule has 1 atom stereocenters. The first-order valence-electron chi connectivity index (χ1n) is 12.3. The van der Waals surface area contributed by atoms with Crippen LogP contribution in [0.1, 0.15) is 49.3 Å². The average molecular weight is 518 g/mol. The first-order chi connectivity index (χ1) is 17.5. The summed E-state index contributed by atoms with van der Waals surface area (Å²) in [4.78, 5) is 15.2. The molecule has 0 unspecified atom stereocenters. The van der Waals surface area contributed by atoms with Crippen molar-refractivity contribution in [2.24, 2.45) is 0 Å². The lowest BCUT2D eigenvalue weighted by molar-refractivity contribution is -0.122. The van der Waals surface area contributed by atoms with E-state index in [1.807, 2.05) is 72.8 Å². The van der Waals surface area contributed by atoms with Crippen LogP contribution in [0.2, 0.25) is 0 Å². The van der Waals surface area contributed by atoms with Crippen LogP contribution in [0.25, 0.3) is 6.08 Å². The number of ether oxygens (including phenoxy) is 2. The van der Waals surface area contributed by atoms with Gasteiger partial charge in [-0.15, -0.1) is 0 Å². The third kappa shape index (κ3) is 6.99. The van der Waals surface area contributed by atoms with Gasteiger partial charge in [0.25, 0.3) is 5.91 Å². The summed E-state index contributed by atoms with van der Waals surface area (Å²) in [5.41, 5.74) is 3.30. The van der Waals surface area contributed by atoms with Crippen LogP contribution in [0, 0.1) is 0 Å². The van der Waals surface area contributed by atoms with E-state index in [2.05, 4.69) is 26.0 Å². The monoisotopic (exact) mass is 517 g/mol. The number of hydrogen-bond donors (Lipinski definition) is 0. The molecule has 0 saturated carbocycles. The summed E-state index contributed by atoms with van der Waals surface area (Å²) in [5.74, 6) is 2.15. The molecule has 3 aromatic carbocycles. The highest BCUT2D eigenvalue weighted by Crippen LogP contribution is 2.34. The lowest BCUT2D eigenvalue weighted by Crippen LogP contribution is -2.27. The van der Waals surface area contributed by atoms with Gasteiger partial charge in [0.15, 0.2) is 0 Å². The van der Waals surface area contributed by atoms with Crippen LogP contribution in [0.5, 0.6) is 11.5 Å². The maximum atomic E-state index is 12.9. The second-order valence-corrected chi connectivity index (χ2v) is 10.4. The molecular weight excluding hydrogens is 486 g/mol. The van der Waals surface area contributed by atoms with Gasteiger partial charge in [-0.2, -0.15) is 0 Å². The minimum atomic E-state index is -0.0606. The molecule has 0 radical (unpaired) electrons. The quantitative estimate of drug-likeness (QED) is 0.150. The summed E-state index contributed by atoms with van der Waals surface area (Å²) in [6.07, 6.45) is 3.78. The van der Waals surface area contributed by atoms with Crippen LogP contribution >= 0.6 is 24.0 Å². The zero-order valence-electron chi connectivity index (χ0n) is 20.7. The van der Waals surface area contributed by atoms with Gasteiger partial charge < -0.3 is 9.47 Å². The second-order valence-electron chi connectivity index (χ2n) is 8.75. The molecule has 0 aliphatic carbocycles. The highest BCUT2D eigenvalue weighted by Gasteiger charge is 2.31. The first-order valence-corrected chi connectivity index (χ1v) is 13.5. The van der Waals surface area contributed by atoms with E-state index >= 15 is 0 Å². The van der Waals surface area contributed by atoms with Crippen molar-refractivity contribution in [1.82, 2.24) is 4.90 Å². The van der Waals surface area contributed by atoms with Crippen LogP contribution in [-0.2, 0) is 11.3 Å². The molecule has 4 rings (SSSR count). The van der Waals surface area contributed by atoms with Crippen LogP contribution in [-0.4, -0.2) is 28.3 Å². The first kappa shape index (κ1) is 26.0. The van der Waals surface area contributed by atoms with E-state index in [4.69, 9.17) is 21.7 Å². The SMILES string of the molecule is CC[C@@H](C)c1ccc(OCCCOc2cccc(/C=C3\SC(=S)N(Cc4ccccc4)C3=O)c2)cc1. The average Bonchev–Trinajstić information content (AvgIpc) is 3.16. The molecule has 0 N–H and O–H groups in total. The molecule has 0 aromatic heterocycles. The van der Waals surface area contributed by atoms with E-state index in [-0.39, 0.29) is 5.91 Å². The van der Waals surface area contributed by atoms with E-state index < -0.39 is 0 Å². The van der Waals surface area contributed by atoms with Crippen molar-refractivity contribution in [3.05, 3.63) is 100 Å². The summed E-state index contributed by atoms with van der Waals surface area (Å²) >= 11 is 6.81. The topological polar surface area (TPSA) is 38.8 Å². The van der Waals surface area contributed by atoms with E-state index in [1.54, 1.807) is 4.90 Å². The van der Waals surface area contributed by atoms with Gasteiger partial charge in [0.1, 0.15) is 15.8 Å². The summed E-state index contributed by atoms with van der Waals surface area (Å²) in [5, 5.41) is 0. The lowest BCUT2D eigenvalue weighted by atomic mass is 9.99. The molecule has 6 heteroatoms. The number of thiocarbonyl (C=S) groups is 1. The number of nitrogens with zero attached hydrogens (tertiary/aromatic N) is 1. The lowest BCUT2D eigenvalue weighted by Gasteiger charge is -2.14. The fourth-order valence-corrected chi connectivity index (χ4v) is 5.07. The predicted molar refractivity (Wildman–Crippen MR) is 152 cm³/mol. The number of rotatable bonds is 11. The number of benzene rings is 3. The van der Waals surface area contributed by atoms with Gasteiger partial charge in [-0.1, -0.05) is 92.4 Å². The number of amides is 1. The fraction of sp³-hybridized carbons (Fsp3) is 0.267. The van der Waals surface area contributed by atoms with E-state index in [1.165, 1.54) is 17.3 Å². The minimum absolute atomic E-state index is 0.0606. The van der Waals surface area contributed by atoms with Gasteiger partial charge in [-0.3, -0.25) is 9.69 Å². The Bertz CT molecular complexity index is 1210. The Hall–Kier alpha value is -3.09. The fourth-order valence-electron chi connectivity index (χ4n) is 3.82. The molecule has 36 heavy (non-hydrogen) atoms. The molecule has 1 amide bonds. The van der Waals surface area contributed by atoms with E-state index in [0.29, 0.717) is 34.9 Å². The van der Waals surface area contributed by atoms with Crippen molar-refractivity contribution in [3.8, 4) is 11.5 Å². The number of thioether (sulfide) groups is 1. The molecule has 0 bridgehead atoms. The molecule has 1 aliphatic rings. The molecule has 1 fully saturated rings. The molecular formula is C30H31NO3S2.